The largest absolute Gasteiger partial charge is 0.508 e. The fraction of sp³-hybridized carbons (Fsp3) is 0.333. The maximum atomic E-state index is 12.6. The highest BCUT2D eigenvalue weighted by atomic mass is 32.2. The van der Waals surface area contributed by atoms with E-state index in [9.17, 15) is 15.0 Å². The number of aliphatic hydroxyl groups excluding tert-OH is 1. The van der Waals surface area contributed by atoms with Crippen LogP contribution >= 0.6 is 11.9 Å². The lowest BCUT2D eigenvalue weighted by atomic mass is 10.0. The predicted molar refractivity (Wildman–Crippen MR) is 138 cm³/mol. The monoisotopic (exact) mass is 495 g/mol. The minimum Gasteiger partial charge on any atom is -0.508 e. The van der Waals surface area contributed by atoms with Crippen LogP contribution in [-0.4, -0.2) is 50.8 Å². The summed E-state index contributed by atoms with van der Waals surface area (Å²) in [5.74, 6) is 0.582. The Bertz CT molecular complexity index is 1020. The van der Waals surface area contributed by atoms with Gasteiger partial charge in [0.25, 0.3) is 0 Å². The number of amides is 1. The molecule has 1 aromatic heterocycles. The van der Waals surface area contributed by atoms with Crippen LogP contribution in [0, 0.1) is 5.92 Å². The summed E-state index contributed by atoms with van der Waals surface area (Å²) in [6.07, 6.45) is 2.34. The molecular weight excluding hydrogens is 462 g/mol. The van der Waals surface area contributed by atoms with E-state index in [1.807, 2.05) is 48.5 Å². The number of aromatic nitrogens is 1. The summed E-state index contributed by atoms with van der Waals surface area (Å²) < 4.78 is 7.46. The smallest absolute Gasteiger partial charge is 0.407 e. The molecule has 7 nitrogen and oxygen atoms in total. The molecule has 0 aliphatic rings. The standard InChI is InChI=1S/C27H33N3O4S/c1-20(2)17-30(35-24-12-10-23(31)11-13-24)18-26(32)25(15-21-7-4-3-5-8-21)29-27(33)34-19-22-9-6-14-28-16-22/h3-14,16,20,25-26,31-32H,15,17-19H2,1-2H3,(H,29,33)/t25-,26?/m0/s1. The first kappa shape index (κ1) is 26.5. The predicted octanol–water partition coefficient (Wildman–Crippen LogP) is 4.65. The third-order valence-corrected chi connectivity index (χ3v) is 6.23. The SMILES string of the molecule is CC(C)CN(CC(O)[C@H](Cc1ccccc1)NC(=O)OCc1cccnc1)Sc1ccc(O)cc1. The normalized spacial score (nSPS) is 12.9. The summed E-state index contributed by atoms with van der Waals surface area (Å²) in [6, 6.07) is 19.8. The Morgan fingerprint density at radius 3 is 2.40 bits per heavy atom. The van der Waals surface area contributed by atoms with E-state index in [0.717, 1.165) is 22.6 Å². The molecule has 3 N–H and O–H groups in total. The van der Waals surface area contributed by atoms with Gasteiger partial charge in [-0.3, -0.25) is 4.98 Å². The van der Waals surface area contributed by atoms with Gasteiger partial charge in [-0.2, -0.15) is 0 Å². The van der Waals surface area contributed by atoms with Gasteiger partial charge in [-0.1, -0.05) is 50.2 Å². The minimum absolute atomic E-state index is 0.101. The van der Waals surface area contributed by atoms with Crippen LogP contribution in [0.4, 0.5) is 4.79 Å². The molecule has 0 saturated heterocycles. The molecule has 0 radical (unpaired) electrons. The van der Waals surface area contributed by atoms with Crippen LogP contribution in [0.2, 0.25) is 0 Å². The zero-order chi connectivity index (χ0) is 25.0. The van der Waals surface area contributed by atoms with E-state index < -0.39 is 18.2 Å². The number of carbonyl (C=O) groups excluding carboxylic acids is 1. The Balaban J connectivity index is 1.68. The quantitative estimate of drug-likeness (QED) is 0.315. The van der Waals surface area contributed by atoms with Gasteiger partial charge in [0.1, 0.15) is 12.4 Å². The molecule has 3 rings (SSSR count). The molecule has 186 valence electrons. The first-order chi connectivity index (χ1) is 16.9. The third kappa shape index (κ3) is 9.60. The lowest BCUT2D eigenvalue weighted by Crippen LogP contribution is -2.49. The number of hydrogen-bond donors (Lipinski definition) is 3. The van der Waals surface area contributed by atoms with Gasteiger partial charge in [0.05, 0.1) is 12.1 Å². The van der Waals surface area contributed by atoms with Crippen molar-refractivity contribution in [1.82, 2.24) is 14.6 Å². The molecule has 0 aliphatic carbocycles. The van der Waals surface area contributed by atoms with Gasteiger partial charge in [0.2, 0.25) is 0 Å². The molecule has 0 bridgehead atoms. The van der Waals surface area contributed by atoms with Crippen LogP contribution in [0.3, 0.4) is 0 Å². The first-order valence-electron chi connectivity index (χ1n) is 11.6. The highest BCUT2D eigenvalue weighted by Gasteiger charge is 2.25. The van der Waals surface area contributed by atoms with Gasteiger partial charge in [-0.15, -0.1) is 0 Å². The lowest BCUT2D eigenvalue weighted by Gasteiger charge is -2.30. The van der Waals surface area contributed by atoms with Crippen molar-refractivity contribution < 1.29 is 19.7 Å². The van der Waals surface area contributed by atoms with Crippen molar-refractivity contribution in [3.63, 3.8) is 0 Å². The number of nitrogens with one attached hydrogen (secondary N) is 1. The fourth-order valence-electron chi connectivity index (χ4n) is 3.53. The number of phenolic OH excluding ortho intramolecular Hbond substituents is 1. The van der Waals surface area contributed by atoms with Crippen LogP contribution < -0.4 is 5.32 Å². The molecule has 1 amide bonds. The summed E-state index contributed by atoms with van der Waals surface area (Å²) in [4.78, 5) is 17.6. The Labute approximate surface area is 211 Å². The van der Waals surface area contributed by atoms with Crippen molar-refractivity contribution in [3.8, 4) is 5.75 Å². The molecule has 0 fully saturated rings. The van der Waals surface area contributed by atoms with E-state index in [4.69, 9.17) is 4.74 Å². The molecule has 2 aromatic carbocycles. The Hall–Kier alpha value is -3.07. The first-order valence-corrected chi connectivity index (χ1v) is 12.4. The number of aliphatic hydroxyl groups is 1. The number of carbonyl (C=O) groups is 1. The minimum atomic E-state index is -0.843. The number of aromatic hydroxyl groups is 1. The van der Waals surface area contributed by atoms with Crippen molar-refractivity contribution in [2.24, 2.45) is 5.92 Å². The van der Waals surface area contributed by atoms with Gasteiger partial charge >= 0.3 is 6.09 Å². The number of ether oxygens (including phenoxy) is 1. The maximum absolute atomic E-state index is 12.6. The van der Waals surface area contributed by atoms with Crippen LogP contribution in [-0.2, 0) is 17.8 Å². The van der Waals surface area contributed by atoms with E-state index >= 15 is 0 Å². The highest BCUT2D eigenvalue weighted by Crippen LogP contribution is 2.26. The van der Waals surface area contributed by atoms with E-state index in [1.165, 1.54) is 11.9 Å². The third-order valence-electron chi connectivity index (χ3n) is 5.19. The zero-order valence-electron chi connectivity index (χ0n) is 20.1. The topological polar surface area (TPSA) is 94.9 Å². The average Bonchev–Trinajstić information content (AvgIpc) is 2.84. The molecule has 8 heteroatoms. The Morgan fingerprint density at radius 2 is 1.74 bits per heavy atom. The van der Waals surface area contributed by atoms with Crippen LogP contribution in [0.5, 0.6) is 5.75 Å². The number of pyridine rings is 1. The summed E-state index contributed by atoms with van der Waals surface area (Å²) in [5, 5.41) is 23.7. The second-order valence-electron chi connectivity index (χ2n) is 8.77. The van der Waals surface area contributed by atoms with Crippen molar-refractivity contribution in [2.45, 2.75) is 43.9 Å². The Kier molecular flexibility index (Phi) is 10.4. The second kappa shape index (κ2) is 13.7. The van der Waals surface area contributed by atoms with Crippen molar-refractivity contribution in [2.75, 3.05) is 13.1 Å². The average molecular weight is 496 g/mol. The van der Waals surface area contributed by atoms with Crippen molar-refractivity contribution in [3.05, 3.63) is 90.3 Å². The van der Waals surface area contributed by atoms with Gasteiger partial charge in [0, 0.05) is 35.9 Å². The van der Waals surface area contributed by atoms with E-state index in [-0.39, 0.29) is 12.4 Å². The summed E-state index contributed by atoms with van der Waals surface area (Å²) >= 11 is 1.52. The molecule has 35 heavy (non-hydrogen) atoms. The molecule has 1 unspecified atom stereocenters. The fourth-order valence-corrected chi connectivity index (χ4v) is 4.68. The van der Waals surface area contributed by atoms with Gasteiger partial charge in [-0.25, -0.2) is 9.10 Å². The number of benzene rings is 2. The number of alkyl carbamates (subject to hydrolysis) is 1. The number of hydrogen-bond acceptors (Lipinski definition) is 7. The van der Waals surface area contributed by atoms with Crippen molar-refractivity contribution >= 4 is 18.0 Å². The second-order valence-corrected chi connectivity index (χ2v) is 9.94. The van der Waals surface area contributed by atoms with E-state index in [0.29, 0.717) is 18.9 Å². The summed E-state index contributed by atoms with van der Waals surface area (Å²) in [6.45, 7) is 5.42. The zero-order valence-corrected chi connectivity index (χ0v) is 20.9. The molecule has 0 spiro atoms. The Morgan fingerprint density at radius 1 is 1.03 bits per heavy atom. The van der Waals surface area contributed by atoms with E-state index in [1.54, 1.807) is 30.6 Å². The molecule has 0 aliphatic heterocycles. The van der Waals surface area contributed by atoms with E-state index in [2.05, 4.69) is 28.5 Å². The van der Waals surface area contributed by atoms with Gasteiger partial charge < -0.3 is 20.3 Å². The highest BCUT2D eigenvalue weighted by molar-refractivity contribution is 7.97. The molecule has 0 saturated carbocycles. The lowest BCUT2D eigenvalue weighted by molar-refractivity contribution is 0.0891. The number of rotatable bonds is 12. The number of nitrogens with zero attached hydrogens (tertiary/aromatic N) is 2. The summed E-state index contributed by atoms with van der Waals surface area (Å²) in [7, 11) is 0. The van der Waals surface area contributed by atoms with Gasteiger partial charge in [0.15, 0.2) is 0 Å². The molecule has 1 heterocycles. The van der Waals surface area contributed by atoms with Crippen LogP contribution in [0.1, 0.15) is 25.0 Å². The number of phenols is 1. The maximum Gasteiger partial charge on any atom is 0.407 e. The van der Waals surface area contributed by atoms with Gasteiger partial charge in [-0.05, 0) is 60.2 Å². The van der Waals surface area contributed by atoms with Crippen LogP contribution in [0.15, 0.2) is 84.0 Å². The molecule has 3 aromatic rings. The molecule has 2 atom stereocenters. The summed E-state index contributed by atoms with van der Waals surface area (Å²) in [5.41, 5.74) is 1.79. The molecular formula is C27H33N3O4S. The van der Waals surface area contributed by atoms with Crippen molar-refractivity contribution in [1.29, 1.82) is 0 Å². The van der Waals surface area contributed by atoms with Crippen LogP contribution in [0.25, 0.3) is 0 Å².